The fourth-order valence-electron chi connectivity index (χ4n) is 4.36. The van der Waals surface area contributed by atoms with Crippen molar-refractivity contribution in [2.24, 2.45) is 5.92 Å². The monoisotopic (exact) mass is 512 g/mol. The molecule has 2 aromatic rings. The predicted molar refractivity (Wildman–Crippen MR) is 144 cm³/mol. The Kier molecular flexibility index (Phi) is 9.77. The second kappa shape index (κ2) is 12.8. The van der Waals surface area contributed by atoms with E-state index >= 15 is 0 Å². The molecule has 0 unspecified atom stereocenters. The lowest BCUT2D eigenvalue weighted by atomic mass is 9.99. The van der Waals surface area contributed by atoms with Crippen LogP contribution in [0.1, 0.15) is 43.6 Å². The van der Waals surface area contributed by atoms with Crippen molar-refractivity contribution in [1.82, 2.24) is 15.1 Å². The topological polar surface area (TPSA) is 103 Å². The number of nitrogens with one attached hydrogen (secondary N) is 2. The number of carbonyl (C=O) groups excluding carboxylic acids is 2. The Bertz CT molecular complexity index is 1060. The normalized spacial score (nSPS) is 18.5. The second-order valence-corrected chi connectivity index (χ2v) is 10.1. The summed E-state index contributed by atoms with van der Waals surface area (Å²) in [5, 5.41) is 15.4. The number of nitrogens with zero attached hydrogens (tertiary/aromatic N) is 2. The smallest absolute Gasteiger partial charge is 0.319 e. The van der Waals surface area contributed by atoms with Gasteiger partial charge in [0.1, 0.15) is 17.6 Å². The van der Waals surface area contributed by atoms with Gasteiger partial charge in [-0.1, -0.05) is 19.1 Å². The molecule has 0 aliphatic carbocycles. The maximum atomic E-state index is 13.6. The minimum absolute atomic E-state index is 0.0130. The van der Waals surface area contributed by atoms with E-state index in [0.29, 0.717) is 30.1 Å². The highest BCUT2D eigenvalue weighted by Gasteiger charge is 2.33. The van der Waals surface area contributed by atoms with Gasteiger partial charge >= 0.3 is 6.03 Å². The summed E-state index contributed by atoms with van der Waals surface area (Å²) >= 11 is 0. The van der Waals surface area contributed by atoms with E-state index in [1.165, 1.54) is 0 Å². The molecule has 0 bridgehead atoms. The second-order valence-electron chi connectivity index (χ2n) is 10.1. The van der Waals surface area contributed by atoms with Crippen LogP contribution in [0.25, 0.3) is 0 Å². The minimum atomic E-state index is -0.362. The zero-order valence-corrected chi connectivity index (χ0v) is 22.7. The van der Waals surface area contributed by atoms with Crippen LogP contribution in [-0.4, -0.2) is 78.9 Å². The van der Waals surface area contributed by atoms with E-state index in [0.717, 1.165) is 17.9 Å². The van der Waals surface area contributed by atoms with Gasteiger partial charge in [0.25, 0.3) is 5.91 Å². The Balaban J connectivity index is 1.85. The molecule has 3 amide bonds. The molecule has 0 aromatic heterocycles. The summed E-state index contributed by atoms with van der Waals surface area (Å²) < 4.78 is 11.7. The number of amides is 3. The van der Waals surface area contributed by atoms with Crippen molar-refractivity contribution >= 4 is 17.6 Å². The van der Waals surface area contributed by atoms with Crippen LogP contribution < -0.4 is 20.1 Å². The fourth-order valence-corrected chi connectivity index (χ4v) is 4.36. The van der Waals surface area contributed by atoms with Crippen LogP contribution >= 0.6 is 0 Å². The summed E-state index contributed by atoms with van der Waals surface area (Å²) in [6, 6.07) is 12.4. The lowest BCUT2D eigenvalue weighted by Crippen LogP contribution is -2.49. The van der Waals surface area contributed by atoms with E-state index in [4.69, 9.17) is 9.47 Å². The quantitative estimate of drug-likeness (QED) is 0.475. The maximum Gasteiger partial charge on any atom is 0.319 e. The van der Waals surface area contributed by atoms with Crippen LogP contribution in [0.2, 0.25) is 0 Å². The Morgan fingerprint density at radius 2 is 1.92 bits per heavy atom. The Morgan fingerprint density at radius 1 is 1.22 bits per heavy atom. The summed E-state index contributed by atoms with van der Waals surface area (Å²) in [4.78, 5) is 29.7. The van der Waals surface area contributed by atoms with E-state index in [2.05, 4.69) is 22.5 Å². The Morgan fingerprint density at radius 3 is 2.54 bits per heavy atom. The van der Waals surface area contributed by atoms with E-state index in [1.54, 1.807) is 30.2 Å². The average Bonchev–Trinajstić information content (AvgIpc) is 2.86. The number of benzene rings is 2. The summed E-state index contributed by atoms with van der Waals surface area (Å²) in [6.45, 7) is 9.30. The standard InChI is InChI=1S/C28H40N4O5/c1-18(2)29-28(35)30-22-9-12-25-24(13-22)27(34)32(20(4)17-33)14-19(3)26(37-25)16-31(5)15-21-7-10-23(36-6)11-8-21/h7-13,18-20,26,33H,14-17H2,1-6H3,(H2,29,30,35)/t19-,20-,26+/m0/s1. The average molecular weight is 513 g/mol. The number of anilines is 1. The van der Waals surface area contributed by atoms with Gasteiger partial charge in [-0.2, -0.15) is 0 Å². The largest absolute Gasteiger partial charge is 0.497 e. The van der Waals surface area contributed by atoms with Gasteiger partial charge in [-0.25, -0.2) is 4.79 Å². The molecule has 3 N–H and O–H groups in total. The molecule has 0 spiro atoms. The van der Waals surface area contributed by atoms with Crippen LogP contribution in [0.4, 0.5) is 10.5 Å². The third-order valence-corrected chi connectivity index (χ3v) is 6.45. The highest BCUT2D eigenvalue weighted by Crippen LogP contribution is 2.31. The highest BCUT2D eigenvalue weighted by atomic mass is 16.5. The van der Waals surface area contributed by atoms with Crippen molar-refractivity contribution in [2.45, 2.75) is 52.4 Å². The van der Waals surface area contributed by atoms with Gasteiger partial charge in [0.2, 0.25) is 0 Å². The molecule has 0 saturated heterocycles. The molecule has 3 atom stereocenters. The third-order valence-electron chi connectivity index (χ3n) is 6.45. The number of fused-ring (bicyclic) bond motifs is 1. The molecule has 3 rings (SSSR count). The minimum Gasteiger partial charge on any atom is -0.497 e. The van der Waals surface area contributed by atoms with Crippen LogP contribution in [0.5, 0.6) is 11.5 Å². The number of rotatable bonds is 9. The zero-order valence-electron chi connectivity index (χ0n) is 22.7. The van der Waals surface area contributed by atoms with Gasteiger partial charge in [-0.05, 0) is 63.7 Å². The molecular formula is C28H40N4O5. The third kappa shape index (κ3) is 7.60. The number of hydrogen-bond acceptors (Lipinski definition) is 6. The first-order chi connectivity index (χ1) is 17.6. The highest BCUT2D eigenvalue weighted by molar-refractivity contribution is 5.99. The number of carbonyl (C=O) groups is 2. The Hall–Kier alpha value is -3.30. The lowest BCUT2D eigenvalue weighted by Gasteiger charge is -2.38. The van der Waals surface area contributed by atoms with Gasteiger partial charge in [0.05, 0.1) is 25.3 Å². The maximum absolute atomic E-state index is 13.6. The van der Waals surface area contributed by atoms with Crippen LogP contribution in [0.15, 0.2) is 42.5 Å². The number of methoxy groups -OCH3 is 1. The van der Waals surface area contributed by atoms with Crippen molar-refractivity contribution in [2.75, 3.05) is 39.2 Å². The van der Waals surface area contributed by atoms with Crippen molar-refractivity contribution in [3.8, 4) is 11.5 Å². The molecule has 2 aromatic carbocycles. The molecule has 37 heavy (non-hydrogen) atoms. The lowest BCUT2D eigenvalue weighted by molar-refractivity contribution is 0.0341. The molecular weight excluding hydrogens is 472 g/mol. The number of urea groups is 1. The summed E-state index contributed by atoms with van der Waals surface area (Å²) in [7, 11) is 3.69. The van der Waals surface area contributed by atoms with E-state index in [1.807, 2.05) is 52.1 Å². The van der Waals surface area contributed by atoms with Gasteiger partial charge in [0.15, 0.2) is 0 Å². The molecule has 202 valence electrons. The van der Waals surface area contributed by atoms with Crippen molar-refractivity contribution in [3.05, 3.63) is 53.6 Å². The van der Waals surface area contributed by atoms with Gasteiger partial charge < -0.3 is 30.1 Å². The van der Waals surface area contributed by atoms with Crippen molar-refractivity contribution < 1.29 is 24.2 Å². The van der Waals surface area contributed by atoms with Crippen molar-refractivity contribution in [3.63, 3.8) is 0 Å². The predicted octanol–water partition coefficient (Wildman–Crippen LogP) is 3.58. The Labute approximate surface area is 219 Å². The van der Waals surface area contributed by atoms with Crippen LogP contribution in [-0.2, 0) is 6.54 Å². The zero-order chi connectivity index (χ0) is 27.1. The van der Waals surface area contributed by atoms with E-state index in [9.17, 15) is 14.7 Å². The van der Waals surface area contributed by atoms with Gasteiger partial charge in [-0.15, -0.1) is 0 Å². The number of aliphatic hydroxyl groups excluding tert-OH is 1. The summed E-state index contributed by atoms with van der Waals surface area (Å²) in [5.74, 6) is 1.06. The first-order valence-electron chi connectivity index (χ1n) is 12.7. The van der Waals surface area contributed by atoms with Gasteiger partial charge in [-0.3, -0.25) is 9.69 Å². The molecule has 1 heterocycles. The summed E-state index contributed by atoms with van der Waals surface area (Å²) in [5.41, 5.74) is 2.01. The first kappa shape index (κ1) is 28.3. The van der Waals surface area contributed by atoms with Crippen LogP contribution in [0, 0.1) is 5.92 Å². The number of ether oxygens (including phenoxy) is 2. The van der Waals surface area contributed by atoms with Gasteiger partial charge in [0, 0.05) is 37.3 Å². The number of aliphatic hydroxyl groups is 1. The number of likely N-dealkylation sites (N-methyl/N-ethyl adjacent to an activating group) is 1. The van der Waals surface area contributed by atoms with Crippen LogP contribution in [0.3, 0.4) is 0 Å². The molecule has 1 aliphatic rings. The van der Waals surface area contributed by atoms with Crippen molar-refractivity contribution in [1.29, 1.82) is 0 Å². The molecule has 9 nitrogen and oxygen atoms in total. The fraction of sp³-hybridized carbons (Fsp3) is 0.500. The van der Waals surface area contributed by atoms with E-state index < -0.39 is 0 Å². The first-order valence-corrected chi connectivity index (χ1v) is 12.7. The molecule has 1 aliphatic heterocycles. The SMILES string of the molecule is COc1ccc(CN(C)C[C@H]2Oc3ccc(NC(=O)NC(C)C)cc3C(=O)N([C@@H](C)CO)C[C@@H]2C)cc1. The molecule has 0 saturated carbocycles. The molecule has 9 heteroatoms. The molecule has 0 radical (unpaired) electrons. The summed E-state index contributed by atoms with van der Waals surface area (Å²) in [6.07, 6.45) is -0.202. The molecule has 0 fully saturated rings. The van der Waals surface area contributed by atoms with E-state index in [-0.39, 0.29) is 42.7 Å². The number of hydrogen-bond donors (Lipinski definition) is 3.